The van der Waals surface area contributed by atoms with Crippen molar-refractivity contribution in [3.05, 3.63) is 11.3 Å². The average Bonchev–Trinajstić information content (AvgIpc) is 2.66. The molecule has 0 saturated carbocycles. The van der Waals surface area contributed by atoms with E-state index in [1.807, 2.05) is 6.92 Å². The van der Waals surface area contributed by atoms with Gasteiger partial charge in [-0.05, 0) is 25.3 Å². The Balaban J connectivity index is 2.07. The lowest BCUT2D eigenvalue weighted by Gasteiger charge is -2.41. The van der Waals surface area contributed by atoms with Crippen LogP contribution in [0.1, 0.15) is 32.6 Å². The number of hydrazine groups is 1. The second-order valence-corrected chi connectivity index (χ2v) is 4.95. The molecule has 0 aromatic rings. The molecule has 6 heteroatoms. The van der Waals surface area contributed by atoms with E-state index in [9.17, 15) is 14.4 Å². The quantitative estimate of drug-likeness (QED) is 0.677. The fraction of sp³-hybridized carbons (Fsp3) is 0.615. The van der Waals surface area contributed by atoms with Gasteiger partial charge in [0.25, 0.3) is 11.8 Å². The molecular weight excluding hydrogens is 248 g/mol. The molecule has 1 unspecified atom stereocenters. The molecule has 0 aromatic heterocycles. The van der Waals surface area contributed by atoms with Crippen molar-refractivity contribution in [2.24, 2.45) is 0 Å². The van der Waals surface area contributed by atoms with Crippen LogP contribution in [0.5, 0.6) is 0 Å². The van der Waals surface area contributed by atoms with Gasteiger partial charge in [0.2, 0.25) is 0 Å². The maximum Gasteiger partial charge on any atom is 0.255 e. The molecule has 0 bridgehead atoms. The predicted molar refractivity (Wildman–Crippen MR) is 64.5 cm³/mol. The first-order valence-corrected chi connectivity index (χ1v) is 6.64. The SMILES string of the molecule is CCOC1CN2C(=O)CC(=O)N2C2=C1CCCC2=O. The van der Waals surface area contributed by atoms with Crippen molar-refractivity contribution in [1.29, 1.82) is 0 Å². The fourth-order valence-electron chi connectivity index (χ4n) is 3.02. The Kier molecular flexibility index (Phi) is 2.89. The number of allylic oxidation sites excluding steroid dienone is 1. The Morgan fingerprint density at radius 3 is 2.74 bits per heavy atom. The van der Waals surface area contributed by atoms with E-state index < -0.39 is 0 Å². The van der Waals surface area contributed by atoms with Gasteiger partial charge in [-0.2, -0.15) is 0 Å². The molecule has 0 spiro atoms. The zero-order valence-electron chi connectivity index (χ0n) is 10.8. The normalized spacial score (nSPS) is 27.0. The Bertz CT molecular complexity index is 497. The number of carbonyl (C=O) groups is 3. The van der Waals surface area contributed by atoms with Crippen LogP contribution in [0.3, 0.4) is 0 Å². The van der Waals surface area contributed by atoms with E-state index in [1.54, 1.807) is 0 Å². The highest BCUT2D eigenvalue weighted by Crippen LogP contribution is 2.36. The topological polar surface area (TPSA) is 66.9 Å². The monoisotopic (exact) mass is 264 g/mol. The van der Waals surface area contributed by atoms with E-state index in [0.717, 1.165) is 18.4 Å². The van der Waals surface area contributed by atoms with E-state index in [1.165, 1.54) is 10.0 Å². The predicted octanol–water partition coefficient (Wildman–Crippen LogP) is 0.388. The maximum atomic E-state index is 12.1. The van der Waals surface area contributed by atoms with Crippen LogP contribution in [0, 0.1) is 0 Å². The molecule has 2 heterocycles. The van der Waals surface area contributed by atoms with E-state index in [-0.39, 0.29) is 30.1 Å². The van der Waals surface area contributed by atoms with Crippen molar-refractivity contribution in [2.45, 2.75) is 38.7 Å². The van der Waals surface area contributed by atoms with Crippen molar-refractivity contribution in [1.82, 2.24) is 10.0 Å². The van der Waals surface area contributed by atoms with Crippen LogP contribution in [0.25, 0.3) is 0 Å². The van der Waals surface area contributed by atoms with Gasteiger partial charge in [0.15, 0.2) is 5.78 Å². The number of hydrogen-bond donors (Lipinski definition) is 0. The summed E-state index contributed by atoms with van der Waals surface area (Å²) >= 11 is 0. The molecule has 2 aliphatic heterocycles. The van der Waals surface area contributed by atoms with E-state index in [0.29, 0.717) is 25.3 Å². The molecule has 1 saturated heterocycles. The number of ether oxygens (including phenoxy) is 1. The summed E-state index contributed by atoms with van der Waals surface area (Å²) in [4.78, 5) is 35.9. The first-order chi connectivity index (χ1) is 9.13. The number of fused-ring (bicyclic) bond motifs is 2. The third-order valence-corrected chi connectivity index (χ3v) is 3.79. The molecule has 102 valence electrons. The summed E-state index contributed by atoms with van der Waals surface area (Å²) in [6.07, 6.45) is 1.58. The molecule has 1 aliphatic carbocycles. The van der Waals surface area contributed by atoms with Gasteiger partial charge in [-0.3, -0.25) is 14.4 Å². The number of hydrogen-bond acceptors (Lipinski definition) is 4. The molecule has 3 aliphatic rings. The minimum absolute atomic E-state index is 0.0568. The van der Waals surface area contributed by atoms with Gasteiger partial charge in [-0.1, -0.05) is 0 Å². The highest BCUT2D eigenvalue weighted by atomic mass is 16.5. The minimum Gasteiger partial charge on any atom is -0.372 e. The summed E-state index contributed by atoms with van der Waals surface area (Å²) in [6.45, 7) is 2.74. The van der Waals surface area contributed by atoms with Gasteiger partial charge in [0, 0.05) is 13.0 Å². The molecule has 0 N–H and O–H groups in total. The number of amides is 2. The Hall–Kier alpha value is -1.69. The zero-order valence-corrected chi connectivity index (χ0v) is 10.8. The van der Waals surface area contributed by atoms with Crippen molar-refractivity contribution in [3.63, 3.8) is 0 Å². The van der Waals surface area contributed by atoms with Crippen molar-refractivity contribution < 1.29 is 19.1 Å². The Morgan fingerprint density at radius 2 is 2.00 bits per heavy atom. The molecule has 19 heavy (non-hydrogen) atoms. The highest BCUT2D eigenvalue weighted by Gasteiger charge is 2.47. The molecule has 6 nitrogen and oxygen atoms in total. The third kappa shape index (κ3) is 1.78. The van der Waals surface area contributed by atoms with Crippen molar-refractivity contribution in [3.8, 4) is 0 Å². The van der Waals surface area contributed by atoms with Crippen LogP contribution in [-0.4, -0.2) is 46.9 Å². The van der Waals surface area contributed by atoms with Crippen LogP contribution in [-0.2, 0) is 19.1 Å². The molecular formula is C13H16N2O4. The van der Waals surface area contributed by atoms with Crippen LogP contribution >= 0.6 is 0 Å². The second kappa shape index (κ2) is 4.45. The lowest BCUT2D eigenvalue weighted by Crippen LogP contribution is -2.52. The van der Waals surface area contributed by atoms with Gasteiger partial charge in [-0.15, -0.1) is 0 Å². The lowest BCUT2D eigenvalue weighted by atomic mass is 9.89. The van der Waals surface area contributed by atoms with E-state index >= 15 is 0 Å². The fourth-order valence-corrected chi connectivity index (χ4v) is 3.02. The molecule has 1 fully saturated rings. The van der Waals surface area contributed by atoms with Gasteiger partial charge >= 0.3 is 0 Å². The maximum absolute atomic E-state index is 12.1. The van der Waals surface area contributed by atoms with Gasteiger partial charge in [-0.25, -0.2) is 10.0 Å². The number of nitrogens with zero attached hydrogens (tertiary/aromatic N) is 2. The molecule has 0 aromatic carbocycles. The van der Waals surface area contributed by atoms with Crippen molar-refractivity contribution >= 4 is 17.6 Å². The van der Waals surface area contributed by atoms with Crippen molar-refractivity contribution in [2.75, 3.05) is 13.2 Å². The summed E-state index contributed by atoms with van der Waals surface area (Å²) < 4.78 is 5.65. The third-order valence-electron chi connectivity index (χ3n) is 3.79. The molecule has 2 amide bonds. The Morgan fingerprint density at radius 1 is 1.21 bits per heavy atom. The standard InChI is InChI=1S/C13H16N2O4/c1-2-19-10-7-14-11(17)6-12(18)15(14)13-8(10)4-3-5-9(13)16/h10H,2-7H2,1H3. The zero-order chi connectivity index (χ0) is 13.6. The first kappa shape index (κ1) is 12.3. The summed E-state index contributed by atoms with van der Waals surface area (Å²) in [5.41, 5.74) is 1.28. The van der Waals surface area contributed by atoms with E-state index in [2.05, 4.69) is 0 Å². The lowest BCUT2D eigenvalue weighted by molar-refractivity contribution is -0.151. The van der Waals surface area contributed by atoms with Gasteiger partial charge in [0.1, 0.15) is 18.2 Å². The summed E-state index contributed by atoms with van der Waals surface area (Å²) in [5, 5.41) is 2.65. The van der Waals surface area contributed by atoms with Gasteiger partial charge in [0.05, 0.1) is 6.54 Å². The summed E-state index contributed by atoms with van der Waals surface area (Å²) in [7, 11) is 0. The largest absolute Gasteiger partial charge is 0.372 e. The van der Waals surface area contributed by atoms with Crippen LogP contribution < -0.4 is 0 Å². The number of rotatable bonds is 2. The smallest absolute Gasteiger partial charge is 0.255 e. The summed E-state index contributed by atoms with van der Waals surface area (Å²) in [5.74, 6) is -0.610. The number of ketones is 1. The van der Waals surface area contributed by atoms with Crippen LogP contribution in [0.15, 0.2) is 11.3 Å². The first-order valence-electron chi connectivity index (χ1n) is 6.64. The number of Topliss-reactive ketones (excluding diaryl/α,β-unsaturated/α-hetero) is 1. The summed E-state index contributed by atoms with van der Waals surface area (Å²) in [6, 6.07) is 0. The van der Waals surface area contributed by atoms with Gasteiger partial charge < -0.3 is 4.74 Å². The molecule has 3 rings (SSSR count). The van der Waals surface area contributed by atoms with Crippen LogP contribution in [0.4, 0.5) is 0 Å². The molecule has 0 radical (unpaired) electrons. The van der Waals surface area contributed by atoms with E-state index in [4.69, 9.17) is 4.74 Å². The van der Waals surface area contributed by atoms with Crippen LogP contribution in [0.2, 0.25) is 0 Å². The second-order valence-electron chi connectivity index (χ2n) is 4.95. The Labute approximate surface area is 110 Å². The minimum atomic E-state index is -0.303. The highest BCUT2D eigenvalue weighted by molar-refractivity contribution is 6.08. The number of carbonyl (C=O) groups excluding carboxylic acids is 3. The molecule has 1 atom stereocenters. The average molecular weight is 264 g/mol.